The van der Waals surface area contributed by atoms with Crippen molar-refractivity contribution in [2.45, 2.75) is 51.4 Å². The maximum Gasteiger partial charge on any atom is 0.136 e. The van der Waals surface area contributed by atoms with Crippen LogP contribution in [0.4, 0.5) is 0 Å². The predicted molar refractivity (Wildman–Crippen MR) is 232 cm³/mol. The molecule has 0 spiro atoms. The first-order valence-corrected chi connectivity index (χ1v) is 19.8. The van der Waals surface area contributed by atoms with Crippen LogP contribution in [0.1, 0.15) is 62.8 Å². The molecule has 3 aliphatic rings. The van der Waals surface area contributed by atoms with Gasteiger partial charge in [0.05, 0.1) is 0 Å². The SMILES string of the molecule is CC1(C)c2ccccc2-c2ccc(-c3c4c(c(-c5ccc6c(c5)-c5cc7cc8oc9ccccc9c8cc7cc5C6(C)C)c5ccccc35)=CCCC=4)cc21. The van der Waals surface area contributed by atoms with Crippen LogP contribution in [0.5, 0.6) is 0 Å². The van der Waals surface area contributed by atoms with Crippen molar-refractivity contribution in [3.63, 3.8) is 0 Å². The average Bonchev–Trinajstić information content (AvgIpc) is 3.76. The smallest absolute Gasteiger partial charge is 0.136 e. The molecule has 0 aliphatic heterocycles. The second-order valence-corrected chi connectivity index (χ2v) is 17.1. The number of hydrogen-bond acceptors (Lipinski definition) is 1. The van der Waals surface area contributed by atoms with Gasteiger partial charge in [0, 0.05) is 21.6 Å². The number of fused-ring (bicyclic) bond motifs is 12. The van der Waals surface area contributed by atoms with Crippen molar-refractivity contribution in [2.75, 3.05) is 0 Å². The van der Waals surface area contributed by atoms with E-state index in [0.29, 0.717) is 0 Å². The van der Waals surface area contributed by atoms with E-state index >= 15 is 0 Å². The Hall–Kier alpha value is -6.18. The number of rotatable bonds is 2. The molecule has 0 N–H and O–H groups in total. The molecule has 12 rings (SSSR count). The fraction of sp³-hybridized carbons (Fsp3) is 0.148. The minimum Gasteiger partial charge on any atom is -0.456 e. The Morgan fingerprint density at radius 1 is 0.400 bits per heavy atom. The molecule has 0 fully saturated rings. The Bertz CT molecular complexity index is 3310. The molecule has 1 heterocycles. The van der Waals surface area contributed by atoms with Crippen LogP contribution in [0, 0.1) is 0 Å². The van der Waals surface area contributed by atoms with Gasteiger partial charge in [0.1, 0.15) is 11.2 Å². The molecule has 0 saturated heterocycles. The lowest BCUT2D eigenvalue weighted by molar-refractivity contribution is 0.660. The molecule has 0 radical (unpaired) electrons. The lowest BCUT2D eigenvalue weighted by Gasteiger charge is -2.23. The first kappa shape index (κ1) is 31.2. The molecule has 55 heavy (non-hydrogen) atoms. The largest absolute Gasteiger partial charge is 0.456 e. The number of furan rings is 1. The van der Waals surface area contributed by atoms with Crippen molar-refractivity contribution in [2.24, 2.45) is 0 Å². The molecule has 0 atom stereocenters. The molecule has 0 unspecified atom stereocenters. The predicted octanol–water partition coefficient (Wildman–Crippen LogP) is 13.2. The highest BCUT2D eigenvalue weighted by Gasteiger charge is 2.37. The fourth-order valence-corrected chi connectivity index (χ4v) is 10.7. The summed E-state index contributed by atoms with van der Waals surface area (Å²) in [6.45, 7) is 9.54. The van der Waals surface area contributed by atoms with E-state index in [4.69, 9.17) is 4.42 Å². The lowest BCUT2D eigenvalue weighted by atomic mass is 9.80. The molecule has 1 nitrogen and oxygen atoms in total. The van der Waals surface area contributed by atoms with E-state index in [1.165, 1.54) is 110 Å². The third kappa shape index (κ3) is 4.13. The van der Waals surface area contributed by atoms with Crippen LogP contribution in [0.15, 0.2) is 138 Å². The van der Waals surface area contributed by atoms with Crippen LogP contribution in [0.25, 0.3) is 100 Å². The molecular weight excluding hydrogens is 665 g/mol. The van der Waals surface area contributed by atoms with E-state index in [1.54, 1.807) is 0 Å². The van der Waals surface area contributed by atoms with Gasteiger partial charge in [-0.3, -0.25) is 0 Å². The molecule has 0 amide bonds. The highest BCUT2D eigenvalue weighted by Crippen LogP contribution is 2.52. The van der Waals surface area contributed by atoms with Crippen LogP contribution in [-0.4, -0.2) is 0 Å². The maximum absolute atomic E-state index is 6.34. The van der Waals surface area contributed by atoms with Gasteiger partial charge in [0.15, 0.2) is 0 Å². The highest BCUT2D eigenvalue weighted by atomic mass is 16.3. The quantitative estimate of drug-likeness (QED) is 0.175. The fourth-order valence-electron chi connectivity index (χ4n) is 10.7. The normalized spacial score (nSPS) is 15.7. The molecule has 9 aromatic rings. The zero-order valence-corrected chi connectivity index (χ0v) is 31.7. The molecule has 3 aliphatic carbocycles. The summed E-state index contributed by atoms with van der Waals surface area (Å²) in [7, 11) is 0. The van der Waals surface area contributed by atoms with Crippen molar-refractivity contribution in [3.05, 3.63) is 166 Å². The third-order valence-electron chi connectivity index (χ3n) is 13.4. The van der Waals surface area contributed by atoms with E-state index in [1.807, 2.05) is 6.07 Å². The summed E-state index contributed by atoms with van der Waals surface area (Å²) in [4.78, 5) is 0. The van der Waals surface area contributed by atoms with Gasteiger partial charge in [-0.1, -0.05) is 131 Å². The van der Waals surface area contributed by atoms with Crippen molar-refractivity contribution < 1.29 is 4.42 Å². The second-order valence-electron chi connectivity index (χ2n) is 17.1. The highest BCUT2D eigenvalue weighted by molar-refractivity contribution is 6.11. The van der Waals surface area contributed by atoms with E-state index < -0.39 is 0 Å². The van der Waals surface area contributed by atoms with Crippen LogP contribution in [0.3, 0.4) is 0 Å². The van der Waals surface area contributed by atoms with Gasteiger partial charge in [-0.25, -0.2) is 0 Å². The van der Waals surface area contributed by atoms with Gasteiger partial charge in [-0.05, 0) is 154 Å². The first-order valence-electron chi connectivity index (χ1n) is 19.8. The van der Waals surface area contributed by atoms with E-state index in [2.05, 4.69) is 167 Å². The second kappa shape index (κ2) is 10.7. The summed E-state index contributed by atoms with van der Waals surface area (Å²) in [6, 6.07) is 50.4. The summed E-state index contributed by atoms with van der Waals surface area (Å²) in [5.74, 6) is 0. The minimum absolute atomic E-state index is 0.0501. The molecule has 1 aromatic heterocycles. The van der Waals surface area contributed by atoms with Crippen LogP contribution >= 0.6 is 0 Å². The molecule has 1 heteroatoms. The molecule has 262 valence electrons. The zero-order chi connectivity index (χ0) is 36.8. The van der Waals surface area contributed by atoms with Crippen molar-refractivity contribution in [1.82, 2.24) is 0 Å². The Balaban J connectivity index is 1.07. The molecule has 8 aromatic carbocycles. The zero-order valence-electron chi connectivity index (χ0n) is 31.7. The van der Waals surface area contributed by atoms with Gasteiger partial charge >= 0.3 is 0 Å². The van der Waals surface area contributed by atoms with Gasteiger partial charge in [0.2, 0.25) is 0 Å². The Kier molecular flexibility index (Phi) is 6.09. The van der Waals surface area contributed by atoms with Gasteiger partial charge in [-0.2, -0.15) is 0 Å². The van der Waals surface area contributed by atoms with Crippen molar-refractivity contribution in [3.8, 4) is 44.5 Å². The Labute approximate surface area is 320 Å². The van der Waals surface area contributed by atoms with Crippen molar-refractivity contribution in [1.29, 1.82) is 0 Å². The summed E-state index contributed by atoms with van der Waals surface area (Å²) >= 11 is 0. The number of para-hydroxylation sites is 1. The molecular formula is C54H40O. The van der Waals surface area contributed by atoms with E-state index in [-0.39, 0.29) is 10.8 Å². The molecule has 0 saturated carbocycles. The van der Waals surface area contributed by atoms with Crippen LogP contribution in [-0.2, 0) is 10.8 Å². The summed E-state index contributed by atoms with van der Waals surface area (Å²) in [5.41, 5.74) is 18.0. The minimum atomic E-state index is -0.114. The van der Waals surface area contributed by atoms with Gasteiger partial charge in [-0.15, -0.1) is 0 Å². The molecule has 0 bridgehead atoms. The van der Waals surface area contributed by atoms with Crippen molar-refractivity contribution >= 4 is 55.6 Å². The number of hydrogen-bond donors (Lipinski definition) is 0. The van der Waals surface area contributed by atoms with Gasteiger partial charge in [0.25, 0.3) is 0 Å². The average molecular weight is 705 g/mol. The lowest BCUT2D eigenvalue weighted by Crippen LogP contribution is -2.31. The topological polar surface area (TPSA) is 13.1 Å². The summed E-state index contributed by atoms with van der Waals surface area (Å²) in [5, 5.41) is 10.2. The van der Waals surface area contributed by atoms with E-state index in [0.717, 1.165) is 24.0 Å². The Morgan fingerprint density at radius 3 is 1.73 bits per heavy atom. The summed E-state index contributed by atoms with van der Waals surface area (Å²) in [6.07, 6.45) is 7.11. The maximum atomic E-state index is 6.34. The van der Waals surface area contributed by atoms with Gasteiger partial charge < -0.3 is 4.42 Å². The van der Waals surface area contributed by atoms with Crippen LogP contribution in [0.2, 0.25) is 0 Å². The Morgan fingerprint density at radius 2 is 0.964 bits per heavy atom. The first-order chi connectivity index (χ1) is 26.8. The third-order valence-corrected chi connectivity index (χ3v) is 13.4. The van der Waals surface area contributed by atoms with E-state index in [9.17, 15) is 0 Å². The standard InChI is InChI=1S/C54H40O/c1-53(2)45-19-11-9-13-35(45)36-23-21-32(28-47(36)53)52-40-17-7-5-15-38(40)51(39-16-6-8-18-41(39)52)31-22-24-46-42(25-31)43-26-34-30-50-44(37-14-10-12-20-49(37)55-50)27-33(34)29-48(43)54(46,3)4/h5,7,9-30H,6,8H2,1-4H3. The number of benzene rings is 8. The monoisotopic (exact) mass is 704 g/mol. The summed E-state index contributed by atoms with van der Waals surface area (Å²) < 4.78 is 6.34. The van der Waals surface area contributed by atoms with Crippen LogP contribution < -0.4 is 10.4 Å².